The first-order valence-corrected chi connectivity index (χ1v) is 6.61. The van der Waals surface area contributed by atoms with E-state index in [9.17, 15) is 0 Å². The molecule has 0 aromatic heterocycles. The third-order valence-electron chi connectivity index (χ3n) is 3.58. The highest BCUT2D eigenvalue weighted by Gasteiger charge is 2.23. The molecule has 4 heteroatoms. The Bertz CT molecular complexity index is 512. The van der Waals surface area contributed by atoms with Gasteiger partial charge in [-0.05, 0) is 31.5 Å². The Balaban J connectivity index is 2.27. The summed E-state index contributed by atoms with van der Waals surface area (Å²) in [5.41, 5.74) is 1.70. The molecule has 1 aromatic rings. The molecular formula is C15H18N4. The number of nitrogens with one attached hydrogen (secondary N) is 1. The number of rotatable bonds is 2. The Morgan fingerprint density at radius 1 is 1.42 bits per heavy atom. The standard InChI is InChI=1S/C15H18N4/c1-12-6-8-19(15(5-7-16)11-18-12)14-4-2-3-13(9-14)10-17/h2-4,9,12,15,18H,5-6,8,11H2,1H3. The van der Waals surface area contributed by atoms with E-state index < -0.39 is 0 Å². The van der Waals surface area contributed by atoms with Crippen LogP contribution in [-0.2, 0) is 0 Å². The summed E-state index contributed by atoms with van der Waals surface area (Å²) in [7, 11) is 0. The fourth-order valence-electron chi connectivity index (χ4n) is 2.45. The lowest BCUT2D eigenvalue weighted by molar-refractivity contribution is 0.538. The lowest BCUT2D eigenvalue weighted by Crippen LogP contribution is -2.40. The molecule has 98 valence electrons. The van der Waals surface area contributed by atoms with E-state index in [4.69, 9.17) is 10.5 Å². The van der Waals surface area contributed by atoms with Gasteiger partial charge in [-0.25, -0.2) is 0 Å². The van der Waals surface area contributed by atoms with Crippen LogP contribution in [0.3, 0.4) is 0 Å². The van der Waals surface area contributed by atoms with Crippen molar-refractivity contribution in [1.29, 1.82) is 10.5 Å². The van der Waals surface area contributed by atoms with Crippen LogP contribution in [0.5, 0.6) is 0 Å². The molecule has 0 aliphatic carbocycles. The molecule has 2 unspecified atom stereocenters. The van der Waals surface area contributed by atoms with Crippen molar-refractivity contribution >= 4 is 5.69 Å². The molecule has 1 fully saturated rings. The van der Waals surface area contributed by atoms with E-state index in [1.807, 2.05) is 24.3 Å². The van der Waals surface area contributed by atoms with Crippen molar-refractivity contribution < 1.29 is 0 Å². The zero-order chi connectivity index (χ0) is 13.7. The molecule has 0 radical (unpaired) electrons. The van der Waals surface area contributed by atoms with Crippen LogP contribution in [0.25, 0.3) is 0 Å². The largest absolute Gasteiger partial charge is 0.366 e. The predicted molar refractivity (Wildman–Crippen MR) is 74.6 cm³/mol. The molecule has 1 saturated heterocycles. The third-order valence-corrected chi connectivity index (χ3v) is 3.58. The van der Waals surface area contributed by atoms with Gasteiger partial charge in [-0.1, -0.05) is 6.07 Å². The summed E-state index contributed by atoms with van der Waals surface area (Å²) in [6, 6.07) is 12.7. The van der Waals surface area contributed by atoms with Crippen LogP contribution in [0.1, 0.15) is 25.3 Å². The fraction of sp³-hybridized carbons (Fsp3) is 0.467. The van der Waals surface area contributed by atoms with E-state index in [0.29, 0.717) is 18.0 Å². The molecule has 1 heterocycles. The Hall–Kier alpha value is -2.04. The Kier molecular flexibility index (Phi) is 4.39. The summed E-state index contributed by atoms with van der Waals surface area (Å²) < 4.78 is 0. The highest BCUT2D eigenvalue weighted by Crippen LogP contribution is 2.22. The first kappa shape index (κ1) is 13.4. The molecule has 2 rings (SSSR count). The summed E-state index contributed by atoms with van der Waals surface area (Å²) in [6.07, 6.45) is 1.54. The van der Waals surface area contributed by atoms with E-state index in [0.717, 1.165) is 25.2 Å². The van der Waals surface area contributed by atoms with Crippen molar-refractivity contribution in [1.82, 2.24) is 5.32 Å². The van der Waals surface area contributed by atoms with Crippen LogP contribution in [0.2, 0.25) is 0 Å². The van der Waals surface area contributed by atoms with Gasteiger partial charge in [0.1, 0.15) is 0 Å². The minimum Gasteiger partial charge on any atom is -0.366 e. The van der Waals surface area contributed by atoms with Gasteiger partial charge >= 0.3 is 0 Å². The zero-order valence-electron chi connectivity index (χ0n) is 11.1. The topological polar surface area (TPSA) is 62.9 Å². The minimum atomic E-state index is 0.170. The lowest BCUT2D eigenvalue weighted by Gasteiger charge is -2.30. The summed E-state index contributed by atoms with van der Waals surface area (Å²) in [6.45, 7) is 3.89. The van der Waals surface area contributed by atoms with Crippen LogP contribution < -0.4 is 10.2 Å². The van der Waals surface area contributed by atoms with Gasteiger partial charge in [0.2, 0.25) is 0 Å². The van der Waals surface area contributed by atoms with Crippen molar-refractivity contribution in [3.05, 3.63) is 29.8 Å². The molecule has 0 amide bonds. The Morgan fingerprint density at radius 2 is 2.26 bits per heavy atom. The maximum atomic E-state index is 8.99. The monoisotopic (exact) mass is 254 g/mol. The van der Waals surface area contributed by atoms with Crippen molar-refractivity contribution in [2.75, 3.05) is 18.0 Å². The number of hydrogen-bond acceptors (Lipinski definition) is 4. The zero-order valence-corrected chi connectivity index (χ0v) is 11.1. The number of hydrogen-bond donors (Lipinski definition) is 1. The van der Waals surface area contributed by atoms with E-state index in [1.165, 1.54) is 0 Å². The molecule has 1 N–H and O–H groups in total. The van der Waals surface area contributed by atoms with Crippen LogP contribution in [0, 0.1) is 22.7 Å². The van der Waals surface area contributed by atoms with Crippen LogP contribution in [0.4, 0.5) is 5.69 Å². The first-order valence-electron chi connectivity index (χ1n) is 6.61. The van der Waals surface area contributed by atoms with Crippen LogP contribution >= 0.6 is 0 Å². The first-order chi connectivity index (χ1) is 9.24. The quantitative estimate of drug-likeness (QED) is 0.877. The predicted octanol–water partition coefficient (Wildman–Crippen LogP) is 2.03. The summed E-state index contributed by atoms with van der Waals surface area (Å²) in [5.74, 6) is 0. The fourth-order valence-corrected chi connectivity index (χ4v) is 2.45. The van der Waals surface area contributed by atoms with Gasteiger partial charge in [0, 0.05) is 24.8 Å². The number of benzene rings is 1. The maximum Gasteiger partial charge on any atom is 0.0992 e. The average molecular weight is 254 g/mol. The molecule has 19 heavy (non-hydrogen) atoms. The molecule has 1 aromatic carbocycles. The molecule has 2 atom stereocenters. The Labute approximate surface area is 114 Å². The van der Waals surface area contributed by atoms with E-state index in [-0.39, 0.29) is 6.04 Å². The number of anilines is 1. The van der Waals surface area contributed by atoms with Gasteiger partial charge in [0.25, 0.3) is 0 Å². The van der Waals surface area contributed by atoms with Crippen molar-refractivity contribution in [3.63, 3.8) is 0 Å². The highest BCUT2D eigenvalue weighted by molar-refractivity contribution is 5.52. The van der Waals surface area contributed by atoms with Crippen molar-refractivity contribution in [3.8, 4) is 12.1 Å². The van der Waals surface area contributed by atoms with Crippen molar-refractivity contribution in [2.24, 2.45) is 0 Å². The smallest absolute Gasteiger partial charge is 0.0992 e. The molecule has 1 aliphatic rings. The number of nitriles is 2. The second kappa shape index (κ2) is 6.22. The van der Waals surface area contributed by atoms with Gasteiger partial charge in [-0.15, -0.1) is 0 Å². The Morgan fingerprint density at radius 3 is 3.00 bits per heavy atom. The lowest BCUT2D eigenvalue weighted by atomic mass is 10.1. The third kappa shape index (κ3) is 3.24. The van der Waals surface area contributed by atoms with Crippen LogP contribution in [-0.4, -0.2) is 25.2 Å². The van der Waals surface area contributed by atoms with E-state index in [2.05, 4.69) is 29.3 Å². The minimum absolute atomic E-state index is 0.170. The molecular weight excluding hydrogens is 236 g/mol. The average Bonchev–Trinajstić information content (AvgIpc) is 2.62. The molecule has 0 bridgehead atoms. The molecule has 4 nitrogen and oxygen atoms in total. The highest BCUT2D eigenvalue weighted by atomic mass is 15.2. The van der Waals surface area contributed by atoms with E-state index in [1.54, 1.807) is 0 Å². The van der Waals surface area contributed by atoms with Gasteiger partial charge in [0.15, 0.2) is 0 Å². The summed E-state index contributed by atoms with van der Waals surface area (Å²) >= 11 is 0. The summed E-state index contributed by atoms with van der Waals surface area (Å²) in [4.78, 5) is 2.25. The van der Waals surface area contributed by atoms with Gasteiger partial charge in [0.05, 0.1) is 30.2 Å². The summed E-state index contributed by atoms with van der Waals surface area (Å²) in [5, 5.41) is 21.4. The van der Waals surface area contributed by atoms with Gasteiger partial charge in [-0.2, -0.15) is 10.5 Å². The van der Waals surface area contributed by atoms with Gasteiger partial charge < -0.3 is 10.2 Å². The second-order valence-corrected chi connectivity index (χ2v) is 4.97. The van der Waals surface area contributed by atoms with E-state index >= 15 is 0 Å². The van der Waals surface area contributed by atoms with Crippen molar-refractivity contribution in [2.45, 2.75) is 31.8 Å². The SMILES string of the molecule is CC1CCN(c2cccc(C#N)c2)C(CC#N)CN1. The second-order valence-electron chi connectivity index (χ2n) is 4.97. The maximum absolute atomic E-state index is 8.99. The van der Waals surface area contributed by atoms with Crippen LogP contribution in [0.15, 0.2) is 24.3 Å². The molecule has 1 aliphatic heterocycles. The molecule has 0 spiro atoms. The van der Waals surface area contributed by atoms with Gasteiger partial charge in [-0.3, -0.25) is 0 Å². The normalized spacial score (nSPS) is 23.2. The molecule has 0 saturated carbocycles. The number of nitrogens with zero attached hydrogens (tertiary/aromatic N) is 3.